The molecule has 3 nitrogen and oxygen atoms in total. The third-order valence-corrected chi connectivity index (χ3v) is 7.47. The van der Waals surface area contributed by atoms with Gasteiger partial charge in [0.1, 0.15) is 0 Å². The molecule has 4 saturated carbocycles. The zero-order valence-corrected chi connectivity index (χ0v) is 16.5. The number of rotatable bonds is 3. The summed E-state index contributed by atoms with van der Waals surface area (Å²) in [6.07, 6.45) is 10.00. The highest BCUT2D eigenvalue weighted by Gasteiger charge is 2.63. The van der Waals surface area contributed by atoms with Crippen molar-refractivity contribution < 1.29 is 4.79 Å². The Balaban J connectivity index is 0.00000169. The van der Waals surface area contributed by atoms with Crippen molar-refractivity contribution in [1.29, 1.82) is 0 Å². The van der Waals surface area contributed by atoms with Crippen molar-refractivity contribution >= 4 is 18.3 Å². The molecule has 5 aliphatic rings. The standard InChI is InChI=1S/C20H34N2O.ClH/c1-18-8-16-9-19(2,12-18)14-20(10-16,13-18)17(23)22-6-4-15(5-7-22)11-21-3;/h15-16,21H,4-14H2,1-3H3;1H. The maximum absolute atomic E-state index is 13.5. The summed E-state index contributed by atoms with van der Waals surface area (Å²) >= 11 is 0. The van der Waals surface area contributed by atoms with E-state index in [0.29, 0.717) is 16.7 Å². The highest BCUT2D eigenvalue weighted by atomic mass is 35.5. The number of amides is 1. The minimum absolute atomic E-state index is 0. The zero-order chi connectivity index (χ0) is 16.3. The van der Waals surface area contributed by atoms with Crippen LogP contribution in [0.1, 0.15) is 65.2 Å². The van der Waals surface area contributed by atoms with E-state index in [1.165, 1.54) is 51.4 Å². The Morgan fingerprint density at radius 3 is 2.12 bits per heavy atom. The van der Waals surface area contributed by atoms with Crippen molar-refractivity contribution in [2.45, 2.75) is 65.2 Å². The lowest BCUT2D eigenvalue weighted by Crippen LogP contribution is -2.61. The zero-order valence-electron chi connectivity index (χ0n) is 15.7. The molecule has 1 N–H and O–H groups in total. The molecule has 2 unspecified atom stereocenters. The Morgan fingerprint density at radius 2 is 1.62 bits per heavy atom. The summed E-state index contributed by atoms with van der Waals surface area (Å²) < 4.78 is 0. The molecule has 0 spiro atoms. The van der Waals surface area contributed by atoms with E-state index < -0.39 is 0 Å². The fourth-order valence-corrected chi connectivity index (χ4v) is 7.65. The fourth-order valence-electron chi connectivity index (χ4n) is 7.65. The molecule has 0 radical (unpaired) electrons. The highest BCUT2D eigenvalue weighted by molar-refractivity contribution is 5.85. The summed E-state index contributed by atoms with van der Waals surface area (Å²) in [6.45, 7) is 8.02. The van der Waals surface area contributed by atoms with Gasteiger partial charge in [0.15, 0.2) is 0 Å². The van der Waals surface area contributed by atoms with Crippen LogP contribution in [0.2, 0.25) is 0 Å². The van der Waals surface area contributed by atoms with Gasteiger partial charge in [0.25, 0.3) is 0 Å². The summed E-state index contributed by atoms with van der Waals surface area (Å²) in [5, 5.41) is 3.30. The first-order valence-electron chi connectivity index (χ1n) is 9.80. The van der Waals surface area contributed by atoms with Gasteiger partial charge in [-0.15, -0.1) is 12.4 Å². The Kier molecular flexibility index (Phi) is 4.75. The van der Waals surface area contributed by atoms with Crippen LogP contribution in [0.15, 0.2) is 0 Å². The number of carbonyl (C=O) groups excluding carboxylic acids is 1. The predicted octanol–water partition coefficient (Wildman–Crippen LogP) is 3.86. The van der Waals surface area contributed by atoms with Crippen molar-refractivity contribution in [3.8, 4) is 0 Å². The number of hydrogen-bond donors (Lipinski definition) is 1. The summed E-state index contributed by atoms with van der Waals surface area (Å²) in [5.74, 6) is 2.10. The van der Waals surface area contributed by atoms with Gasteiger partial charge in [0.2, 0.25) is 5.91 Å². The van der Waals surface area contributed by atoms with E-state index in [2.05, 4.69) is 24.1 Å². The number of nitrogens with one attached hydrogen (secondary N) is 1. The minimum atomic E-state index is -0.00123. The van der Waals surface area contributed by atoms with Gasteiger partial charge in [-0.25, -0.2) is 0 Å². The largest absolute Gasteiger partial charge is 0.342 e. The first-order chi connectivity index (χ1) is 10.9. The summed E-state index contributed by atoms with van der Waals surface area (Å²) in [4.78, 5) is 15.8. The van der Waals surface area contributed by atoms with E-state index >= 15 is 0 Å². The highest BCUT2D eigenvalue weighted by Crippen LogP contribution is 2.69. The molecular formula is C20H35ClN2O. The third-order valence-electron chi connectivity index (χ3n) is 7.47. The third kappa shape index (κ3) is 3.00. The fraction of sp³-hybridized carbons (Fsp3) is 0.950. The Bertz CT molecular complexity index is 482. The second kappa shape index (κ2) is 6.16. The van der Waals surface area contributed by atoms with Crippen molar-refractivity contribution in [3.05, 3.63) is 0 Å². The molecule has 4 aliphatic carbocycles. The van der Waals surface area contributed by atoms with Crippen LogP contribution in [0.25, 0.3) is 0 Å². The van der Waals surface area contributed by atoms with E-state index in [1.54, 1.807) is 0 Å². The van der Waals surface area contributed by atoms with Crippen molar-refractivity contribution in [1.82, 2.24) is 10.2 Å². The molecule has 1 saturated heterocycles. The van der Waals surface area contributed by atoms with Gasteiger partial charge in [0.05, 0.1) is 5.41 Å². The Hall–Kier alpha value is -0.280. The number of halogens is 1. The monoisotopic (exact) mass is 354 g/mol. The maximum atomic E-state index is 13.5. The summed E-state index contributed by atoms with van der Waals surface area (Å²) in [5.41, 5.74) is 0.876. The first kappa shape index (κ1) is 18.5. The van der Waals surface area contributed by atoms with Gasteiger partial charge < -0.3 is 10.2 Å². The van der Waals surface area contributed by atoms with Crippen LogP contribution >= 0.6 is 12.4 Å². The molecule has 5 rings (SSSR count). The van der Waals surface area contributed by atoms with E-state index in [1.807, 2.05) is 7.05 Å². The Morgan fingerprint density at radius 1 is 1.04 bits per heavy atom. The second-order valence-corrected chi connectivity index (χ2v) is 10.2. The van der Waals surface area contributed by atoms with E-state index in [-0.39, 0.29) is 17.8 Å². The van der Waals surface area contributed by atoms with Gasteiger partial charge in [-0.05, 0) is 87.6 Å². The molecule has 0 aromatic carbocycles. The molecule has 2 atom stereocenters. The molecule has 4 bridgehead atoms. The molecule has 0 aromatic rings. The average molecular weight is 355 g/mol. The molecule has 5 fully saturated rings. The quantitative estimate of drug-likeness (QED) is 0.834. The van der Waals surface area contributed by atoms with Crippen LogP contribution < -0.4 is 5.32 Å². The molecule has 24 heavy (non-hydrogen) atoms. The van der Waals surface area contributed by atoms with Crippen molar-refractivity contribution in [2.24, 2.45) is 28.1 Å². The molecule has 1 heterocycles. The lowest BCUT2D eigenvalue weighted by Gasteiger charge is -2.65. The van der Waals surface area contributed by atoms with Gasteiger partial charge in [-0.1, -0.05) is 13.8 Å². The minimum Gasteiger partial charge on any atom is -0.342 e. The summed E-state index contributed by atoms with van der Waals surface area (Å²) in [7, 11) is 2.04. The number of likely N-dealkylation sites (tertiary alicyclic amines) is 1. The normalized spacial score (nSPS) is 44.5. The lowest BCUT2D eigenvalue weighted by atomic mass is 9.40. The van der Waals surface area contributed by atoms with Gasteiger partial charge in [-0.2, -0.15) is 0 Å². The SMILES string of the molecule is CNCC1CCN(C(=O)C23CC4CC(C)(CC(C)(C4)C2)C3)CC1.Cl. The van der Waals surface area contributed by atoms with Crippen LogP contribution in [0, 0.1) is 28.1 Å². The molecule has 4 heteroatoms. The summed E-state index contributed by atoms with van der Waals surface area (Å²) in [6, 6.07) is 0. The predicted molar refractivity (Wildman–Crippen MR) is 100 cm³/mol. The number of piperidine rings is 1. The van der Waals surface area contributed by atoms with E-state index in [4.69, 9.17) is 0 Å². The van der Waals surface area contributed by atoms with Gasteiger partial charge in [-0.3, -0.25) is 4.79 Å². The molecule has 138 valence electrons. The number of hydrogen-bond acceptors (Lipinski definition) is 2. The topological polar surface area (TPSA) is 32.3 Å². The molecule has 1 aliphatic heterocycles. The van der Waals surface area contributed by atoms with Gasteiger partial charge >= 0.3 is 0 Å². The van der Waals surface area contributed by atoms with Gasteiger partial charge in [0, 0.05) is 13.1 Å². The van der Waals surface area contributed by atoms with Crippen LogP contribution in [-0.2, 0) is 4.79 Å². The molecule has 1 amide bonds. The lowest BCUT2D eigenvalue weighted by molar-refractivity contribution is -0.180. The van der Waals surface area contributed by atoms with Crippen molar-refractivity contribution in [3.63, 3.8) is 0 Å². The second-order valence-electron chi connectivity index (χ2n) is 10.2. The van der Waals surface area contributed by atoms with Crippen LogP contribution in [0.4, 0.5) is 0 Å². The van der Waals surface area contributed by atoms with Crippen molar-refractivity contribution in [2.75, 3.05) is 26.7 Å². The first-order valence-corrected chi connectivity index (χ1v) is 9.80. The maximum Gasteiger partial charge on any atom is 0.228 e. The molecular weight excluding hydrogens is 320 g/mol. The number of nitrogens with zero attached hydrogens (tertiary/aromatic N) is 1. The van der Waals surface area contributed by atoms with E-state index in [0.717, 1.165) is 31.5 Å². The van der Waals surface area contributed by atoms with Crippen LogP contribution in [-0.4, -0.2) is 37.5 Å². The van der Waals surface area contributed by atoms with Crippen LogP contribution in [0.3, 0.4) is 0 Å². The Labute approximate surface area is 153 Å². The van der Waals surface area contributed by atoms with Crippen LogP contribution in [0.5, 0.6) is 0 Å². The molecule has 0 aromatic heterocycles. The average Bonchev–Trinajstić information content (AvgIpc) is 2.44. The van der Waals surface area contributed by atoms with E-state index in [9.17, 15) is 4.79 Å². The number of carbonyl (C=O) groups is 1. The smallest absolute Gasteiger partial charge is 0.228 e.